The molecule has 0 bridgehead atoms. The molecule has 106 valence electrons. The van der Waals surface area contributed by atoms with Gasteiger partial charge in [-0.2, -0.15) is 0 Å². The molecular weight excluding hydrogens is 246 g/mol. The van der Waals surface area contributed by atoms with Gasteiger partial charge in [0.1, 0.15) is 11.5 Å². The van der Waals surface area contributed by atoms with E-state index in [-0.39, 0.29) is 0 Å². The number of ether oxygens (including phenoxy) is 1. The van der Waals surface area contributed by atoms with Gasteiger partial charge in [0.2, 0.25) is 0 Å². The van der Waals surface area contributed by atoms with Crippen LogP contribution >= 0.6 is 0 Å². The first-order valence-corrected chi connectivity index (χ1v) is 7.30. The monoisotopic (exact) mass is 269 g/mol. The Labute approximate surface area is 121 Å². The fourth-order valence-electron chi connectivity index (χ4n) is 2.33. The maximum atomic E-state index is 5.87. The quantitative estimate of drug-likeness (QED) is 0.809. The van der Waals surface area contributed by atoms with Crippen molar-refractivity contribution < 1.29 is 4.74 Å². The van der Waals surface area contributed by atoms with E-state index in [9.17, 15) is 0 Å². The molecule has 0 saturated heterocycles. The molecule has 2 aromatic rings. The summed E-state index contributed by atoms with van der Waals surface area (Å²) in [4.78, 5) is 0. The number of aryl methyl sites for hydroxylation is 1. The SMILES string of the molecule is CCNC(CC)c1ccc(Oc2cccc(C)c2)cc1. The molecule has 1 atom stereocenters. The molecule has 2 rings (SSSR count). The Kier molecular flexibility index (Phi) is 5.19. The van der Waals surface area contributed by atoms with Crippen LogP contribution in [0.5, 0.6) is 11.5 Å². The molecule has 0 radical (unpaired) electrons. The summed E-state index contributed by atoms with van der Waals surface area (Å²) in [6.07, 6.45) is 1.09. The molecule has 1 N–H and O–H groups in total. The normalized spacial score (nSPS) is 12.2. The molecule has 2 aromatic carbocycles. The van der Waals surface area contributed by atoms with E-state index in [4.69, 9.17) is 4.74 Å². The van der Waals surface area contributed by atoms with Crippen LogP contribution in [-0.2, 0) is 0 Å². The molecular formula is C18H23NO. The molecule has 2 nitrogen and oxygen atoms in total. The Hall–Kier alpha value is -1.80. The minimum atomic E-state index is 0.424. The molecule has 0 aliphatic carbocycles. The summed E-state index contributed by atoms with van der Waals surface area (Å²) < 4.78 is 5.87. The van der Waals surface area contributed by atoms with E-state index in [1.165, 1.54) is 11.1 Å². The van der Waals surface area contributed by atoms with Crippen molar-refractivity contribution in [3.05, 3.63) is 59.7 Å². The molecule has 0 aromatic heterocycles. The lowest BCUT2D eigenvalue weighted by Gasteiger charge is -2.16. The standard InChI is InChI=1S/C18H23NO/c1-4-18(19-5-2)15-9-11-16(12-10-15)20-17-8-6-7-14(3)13-17/h6-13,18-19H,4-5H2,1-3H3. The maximum absolute atomic E-state index is 5.87. The predicted molar refractivity (Wildman–Crippen MR) is 84.4 cm³/mol. The Morgan fingerprint density at radius 1 is 1.00 bits per heavy atom. The Morgan fingerprint density at radius 3 is 2.35 bits per heavy atom. The Bertz CT molecular complexity index is 533. The summed E-state index contributed by atoms with van der Waals surface area (Å²) in [5, 5.41) is 3.48. The average molecular weight is 269 g/mol. The second-order valence-electron chi connectivity index (χ2n) is 5.01. The van der Waals surface area contributed by atoms with Crippen LogP contribution in [0.3, 0.4) is 0 Å². The highest BCUT2D eigenvalue weighted by atomic mass is 16.5. The maximum Gasteiger partial charge on any atom is 0.127 e. The van der Waals surface area contributed by atoms with Gasteiger partial charge < -0.3 is 10.1 Å². The van der Waals surface area contributed by atoms with Gasteiger partial charge in [0.25, 0.3) is 0 Å². The summed E-state index contributed by atoms with van der Waals surface area (Å²) in [7, 11) is 0. The van der Waals surface area contributed by atoms with Crippen molar-refractivity contribution >= 4 is 0 Å². The van der Waals surface area contributed by atoms with Gasteiger partial charge in [0.15, 0.2) is 0 Å². The van der Waals surface area contributed by atoms with Crippen LogP contribution in [0.2, 0.25) is 0 Å². The molecule has 0 heterocycles. The Balaban J connectivity index is 2.08. The molecule has 1 unspecified atom stereocenters. The molecule has 0 fully saturated rings. The zero-order valence-electron chi connectivity index (χ0n) is 12.5. The van der Waals surface area contributed by atoms with Gasteiger partial charge in [-0.25, -0.2) is 0 Å². The number of hydrogen-bond donors (Lipinski definition) is 1. The van der Waals surface area contributed by atoms with E-state index in [1.807, 2.05) is 30.3 Å². The second kappa shape index (κ2) is 7.11. The van der Waals surface area contributed by atoms with Crippen LogP contribution in [0.1, 0.15) is 37.4 Å². The highest BCUT2D eigenvalue weighted by Gasteiger charge is 2.07. The number of rotatable bonds is 6. The van der Waals surface area contributed by atoms with Crippen LogP contribution in [0.25, 0.3) is 0 Å². The van der Waals surface area contributed by atoms with Gasteiger partial charge in [0, 0.05) is 6.04 Å². The van der Waals surface area contributed by atoms with Crippen molar-refractivity contribution in [1.82, 2.24) is 5.32 Å². The van der Waals surface area contributed by atoms with Crippen molar-refractivity contribution in [3.8, 4) is 11.5 Å². The molecule has 0 aliphatic heterocycles. The van der Waals surface area contributed by atoms with Gasteiger partial charge in [-0.05, 0) is 55.3 Å². The lowest BCUT2D eigenvalue weighted by Crippen LogP contribution is -2.19. The first-order valence-electron chi connectivity index (χ1n) is 7.30. The third kappa shape index (κ3) is 3.84. The lowest BCUT2D eigenvalue weighted by atomic mass is 10.0. The zero-order valence-corrected chi connectivity index (χ0v) is 12.5. The minimum absolute atomic E-state index is 0.424. The van der Waals surface area contributed by atoms with Crippen molar-refractivity contribution in [2.45, 2.75) is 33.2 Å². The third-order valence-corrected chi connectivity index (χ3v) is 3.37. The summed E-state index contributed by atoms with van der Waals surface area (Å²) >= 11 is 0. The lowest BCUT2D eigenvalue weighted by molar-refractivity contribution is 0.480. The van der Waals surface area contributed by atoms with Gasteiger partial charge in [-0.15, -0.1) is 0 Å². The number of benzene rings is 2. The largest absolute Gasteiger partial charge is 0.457 e. The second-order valence-corrected chi connectivity index (χ2v) is 5.01. The molecule has 0 aliphatic rings. The summed E-state index contributed by atoms with van der Waals surface area (Å²) in [5.41, 5.74) is 2.52. The van der Waals surface area contributed by atoms with Crippen molar-refractivity contribution in [2.75, 3.05) is 6.54 Å². The van der Waals surface area contributed by atoms with Crippen molar-refractivity contribution in [3.63, 3.8) is 0 Å². The third-order valence-electron chi connectivity index (χ3n) is 3.37. The summed E-state index contributed by atoms with van der Waals surface area (Å²) in [5.74, 6) is 1.77. The molecule has 20 heavy (non-hydrogen) atoms. The van der Waals surface area contributed by atoms with Gasteiger partial charge >= 0.3 is 0 Å². The molecule has 0 saturated carbocycles. The highest BCUT2D eigenvalue weighted by Crippen LogP contribution is 2.24. The number of hydrogen-bond acceptors (Lipinski definition) is 2. The zero-order chi connectivity index (χ0) is 14.4. The smallest absolute Gasteiger partial charge is 0.127 e. The van der Waals surface area contributed by atoms with E-state index < -0.39 is 0 Å². The molecule has 0 spiro atoms. The van der Waals surface area contributed by atoms with Crippen LogP contribution in [0.15, 0.2) is 48.5 Å². The minimum Gasteiger partial charge on any atom is -0.457 e. The van der Waals surface area contributed by atoms with E-state index in [0.29, 0.717) is 6.04 Å². The van der Waals surface area contributed by atoms with Crippen LogP contribution in [0.4, 0.5) is 0 Å². The van der Waals surface area contributed by atoms with Crippen molar-refractivity contribution in [2.24, 2.45) is 0 Å². The molecule has 2 heteroatoms. The average Bonchev–Trinajstić information content (AvgIpc) is 2.46. The first kappa shape index (κ1) is 14.6. The van der Waals surface area contributed by atoms with Crippen LogP contribution in [-0.4, -0.2) is 6.54 Å². The van der Waals surface area contributed by atoms with Gasteiger partial charge in [-0.3, -0.25) is 0 Å². The van der Waals surface area contributed by atoms with Crippen molar-refractivity contribution in [1.29, 1.82) is 0 Å². The predicted octanol–water partition coefficient (Wildman–Crippen LogP) is 4.85. The van der Waals surface area contributed by atoms with E-state index in [1.54, 1.807) is 0 Å². The van der Waals surface area contributed by atoms with Crippen LogP contribution < -0.4 is 10.1 Å². The highest BCUT2D eigenvalue weighted by molar-refractivity contribution is 5.35. The van der Waals surface area contributed by atoms with E-state index in [2.05, 4.69) is 44.3 Å². The van der Waals surface area contributed by atoms with Gasteiger partial charge in [-0.1, -0.05) is 38.1 Å². The van der Waals surface area contributed by atoms with Crippen LogP contribution in [0, 0.1) is 6.92 Å². The van der Waals surface area contributed by atoms with E-state index >= 15 is 0 Å². The fraction of sp³-hybridized carbons (Fsp3) is 0.333. The fourth-order valence-corrected chi connectivity index (χ4v) is 2.33. The topological polar surface area (TPSA) is 21.3 Å². The Morgan fingerprint density at radius 2 is 1.75 bits per heavy atom. The summed E-state index contributed by atoms with van der Waals surface area (Å²) in [6.45, 7) is 7.39. The molecule has 0 amide bonds. The first-order chi connectivity index (χ1) is 9.72. The number of nitrogens with one attached hydrogen (secondary N) is 1. The van der Waals surface area contributed by atoms with E-state index in [0.717, 1.165) is 24.5 Å². The van der Waals surface area contributed by atoms with Gasteiger partial charge in [0.05, 0.1) is 0 Å². The summed E-state index contributed by atoms with van der Waals surface area (Å²) in [6, 6.07) is 16.9.